The summed E-state index contributed by atoms with van der Waals surface area (Å²) in [6.07, 6.45) is 3.17. The number of allylic oxidation sites excluding steroid dienone is 1. The van der Waals surface area contributed by atoms with Gasteiger partial charge in [0.25, 0.3) is 0 Å². The third-order valence-electron chi connectivity index (χ3n) is 5.10. The maximum atomic E-state index is 12.6. The lowest BCUT2D eigenvalue weighted by molar-refractivity contribution is -0.119. The average molecular weight is 424 g/mol. The predicted molar refractivity (Wildman–Crippen MR) is 133 cm³/mol. The molecule has 4 nitrogen and oxygen atoms in total. The number of nitrogens with two attached hydrogens (primary N) is 1. The zero-order valence-corrected chi connectivity index (χ0v) is 18.4. The summed E-state index contributed by atoms with van der Waals surface area (Å²) in [7, 11) is 0. The van der Waals surface area contributed by atoms with Crippen molar-refractivity contribution in [2.45, 2.75) is 26.2 Å². The maximum absolute atomic E-state index is 12.6. The molecule has 0 fully saturated rings. The number of nitrogens with one attached hydrogen (secondary N) is 1. The van der Waals surface area contributed by atoms with Crippen molar-refractivity contribution in [3.05, 3.63) is 126 Å². The molecule has 4 heteroatoms. The van der Waals surface area contributed by atoms with Crippen molar-refractivity contribution < 1.29 is 4.79 Å². The van der Waals surface area contributed by atoms with E-state index < -0.39 is 0 Å². The first-order chi connectivity index (χ1) is 15.5. The van der Waals surface area contributed by atoms with E-state index >= 15 is 0 Å². The molecule has 162 valence electrons. The number of hydrogen-bond donors (Lipinski definition) is 2. The molecule has 0 aliphatic heterocycles. The van der Waals surface area contributed by atoms with Crippen LogP contribution in [0.25, 0.3) is 5.70 Å². The molecular formula is C28H29N3O. The van der Waals surface area contributed by atoms with Gasteiger partial charge in [0.2, 0.25) is 5.91 Å². The molecule has 0 unspecified atom stereocenters. The molecule has 1 amide bonds. The second-order valence-corrected chi connectivity index (χ2v) is 7.65. The monoisotopic (exact) mass is 423 g/mol. The molecule has 3 aromatic rings. The Morgan fingerprint density at radius 2 is 1.56 bits per heavy atom. The van der Waals surface area contributed by atoms with Crippen molar-refractivity contribution >= 4 is 17.3 Å². The van der Waals surface area contributed by atoms with E-state index in [0.717, 1.165) is 23.1 Å². The molecule has 0 bridgehead atoms. The molecule has 0 heterocycles. The lowest BCUT2D eigenvalue weighted by Gasteiger charge is -2.13. The molecule has 0 aliphatic carbocycles. The number of amides is 1. The highest BCUT2D eigenvalue weighted by molar-refractivity contribution is 6.05. The molecular weight excluding hydrogens is 394 g/mol. The van der Waals surface area contributed by atoms with E-state index in [1.807, 2.05) is 79.7 Å². The van der Waals surface area contributed by atoms with Gasteiger partial charge in [-0.15, -0.1) is 0 Å². The largest absolute Gasteiger partial charge is 0.403 e. The van der Waals surface area contributed by atoms with Crippen LogP contribution < -0.4 is 11.1 Å². The van der Waals surface area contributed by atoms with E-state index in [-0.39, 0.29) is 12.3 Å². The van der Waals surface area contributed by atoms with Crippen LogP contribution in [0.1, 0.15) is 28.7 Å². The van der Waals surface area contributed by atoms with Crippen molar-refractivity contribution in [1.29, 1.82) is 0 Å². The maximum Gasteiger partial charge on any atom is 0.228 e. The van der Waals surface area contributed by atoms with Gasteiger partial charge in [0.05, 0.1) is 23.5 Å². The van der Waals surface area contributed by atoms with Crippen molar-refractivity contribution in [3.63, 3.8) is 0 Å². The van der Waals surface area contributed by atoms with Gasteiger partial charge in [0, 0.05) is 11.8 Å². The molecule has 0 saturated carbocycles. The second kappa shape index (κ2) is 11.5. The Labute approximate surface area is 190 Å². The van der Waals surface area contributed by atoms with Crippen LogP contribution >= 0.6 is 0 Å². The van der Waals surface area contributed by atoms with Gasteiger partial charge in [-0.2, -0.15) is 0 Å². The molecule has 3 rings (SSSR count). The van der Waals surface area contributed by atoms with E-state index in [9.17, 15) is 4.79 Å². The topological polar surface area (TPSA) is 67.5 Å². The SMILES string of the molecule is C=C(NC(=O)Cc1ccc(C)cc1)C(CCc1ccccc1)=N/C(=C\N)c1ccccc1. The third-order valence-corrected chi connectivity index (χ3v) is 5.10. The minimum Gasteiger partial charge on any atom is -0.403 e. The summed E-state index contributed by atoms with van der Waals surface area (Å²) in [6, 6.07) is 27.8. The Morgan fingerprint density at radius 3 is 2.19 bits per heavy atom. The predicted octanol–water partition coefficient (Wildman–Crippen LogP) is 5.20. The minimum atomic E-state index is -0.121. The van der Waals surface area contributed by atoms with E-state index in [0.29, 0.717) is 23.5 Å². The highest BCUT2D eigenvalue weighted by Gasteiger charge is 2.12. The van der Waals surface area contributed by atoms with Gasteiger partial charge >= 0.3 is 0 Å². The molecule has 3 N–H and O–H groups in total. The standard InChI is InChI=1S/C28H29N3O/c1-21-13-15-24(16-14-21)19-28(32)30-22(2)26(18-17-23-9-5-3-6-10-23)31-27(20-29)25-11-7-4-8-12-25/h3-16,20H,2,17-19,29H2,1H3,(H,30,32)/b27-20-,31-26?. The van der Waals surface area contributed by atoms with Gasteiger partial charge in [-0.3, -0.25) is 4.79 Å². The quantitative estimate of drug-likeness (QED) is 0.465. The number of carbonyl (C=O) groups is 1. The number of aryl methyl sites for hydroxylation is 2. The first-order valence-corrected chi connectivity index (χ1v) is 10.7. The Kier molecular flexibility index (Phi) is 8.15. The Morgan fingerprint density at radius 1 is 0.938 bits per heavy atom. The summed E-state index contributed by atoms with van der Waals surface area (Å²) in [5.41, 5.74) is 11.9. The van der Waals surface area contributed by atoms with Crippen LogP contribution in [0.3, 0.4) is 0 Å². The van der Waals surface area contributed by atoms with Crippen LogP contribution in [-0.4, -0.2) is 11.6 Å². The summed E-state index contributed by atoms with van der Waals surface area (Å²) < 4.78 is 0. The van der Waals surface area contributed by atoms with Crippen LogP contribution in [0.15, 0.2) is 108 Å². The first kappa shape index (κ1) is 22.8. The Bertz CT molecular complexity index is 1100. The fraction of sp³-hybridized carbons (Fsp3) is 0.143. The summed E-state index contributed by atoms with van der Waals surface area (Å²) >= 11 is 0. The smallest absolute Gasteiger partial charge is 0.228 e. The lowest BCUT2D eigenvalue weighted by atomic mass is 10.0. The number of carbonyl (C=O) groups excluding carboxylic acids is 1. The zero-order chi connectivity index (χ0) is 22.8. The number of aliphatic imine (C=N–C) groups is 1. The number of benzene rings is 3. The fourth-order valence-electron chi connectivity index (χ4n) is 3.31. The fourth-order valence-corrected chi connectivity index (χ4v) is 3.31. The molecule has 32 heavy (non-hydrogen) atoms. The average Bonchev–Trinajstić information content (AvgIpc) is 2.82. The molecule has 3 aromatic carbocycles. The number of nitrogens with zero attached hydrogens (tertiary/aromatic N) is 1. The molecule has 0 atom stereocenters. The second-order valence-electron chi connectivity index (χ2n) is 7.65. The van der Waals surface area contributed by atoms with Crippen molar-refractivity contribution in [2.24, 2.45) is 10.7 Å². The third kappa shape index (κ3) is 6.81. The summed E-state index contributed by atoms with van der Waals surface area (Å²) in [4.78, 5) is 17.4. The Balaban J connectivity index is 1.77. The van der Waals surface area contributed by atoms with Gasteiger partial charge in [-0.05, 0) is 30.9 Å². The molecule has 0 radical (unpaired) electrons. The van der Waals surface area contributed by atoms with E-state index in [1.54, 1.807) is 0 Å². The summed E-state index contributed by atoms with van der Waals surface area (Å²) in [5.74, 6) is -0.121. The van der Waals surface area contributed by atoms with Crippen molar-refractivity contribution in [3.8, 4) is 0 Å². The summed E-state index contributed by atoms with van der Waals surface area (Å²) in [6.45, 7) is 6.14. The van der Waals surface area contributed by atoms with Gasteiger partial charge in [0.15, 0.2) is 0 Å². The van der Waals surface area contributed by atoms with E-state index in [2.05, 4.69) is 24.0 Å². The molecule has 0 aromatic heterocycles. The minimum absolute atomic E-state index is 0.121. The molecule has 0 spiro atoms. The number of hydrogen-bond acceptors (Lipinski definition) is 3. The van der Waals surface area contributed by atoms with Gasteiger partial charge in [-0.1, -0.05) is 97.1 Å². The first-order valence-electron chi connectivity index (χ1n) is 10.7. The van der Waals surface area contributed by atoms with Crippen LogP contribution in [0.5, 0.6) is 0 Å². The normalized spacial score (nSPS) is 11.8. The van der Waals surface area contributed by atoms with Gasteiger partial charge < -0.3 is 11.1 Å². The van der Waals surface area contributed by atoms with Crippen molar-refractivity contribution in [1.82, 2.24) is 5.32 Å². The number of rotatable bonds is 9. The summed E-state index contributed by atoms with van der Waals surface area (Å²) in [5, 5.41) is 2.93. The molecule has 0 saturated heterocycles. The van der Waals surface area contributed by atoms with Gasteiger partial charge in [-0.25, -0.2) is 4.99 Å². The highest BCUT2D eigenvalue weighted by Crippen LogP contribution is 2.17. The Hall–Kier alpha value is -3.92. The lowest BCUT2D eigenvalue weighted by Crippen LogP contribution is -2.28. The van der Waals surface area contributed by atoms with Crippen LogP contribution in [0.2, 0.25) is 0 Å². The van der Waals surface area contributed by atoms with E-state index in [4.69, 9.17) is 10.7 Å². The highest BCUT2D eigenvalue weighted by atomic mass is 16.1. The van der Waals surface area contributed by atoms with E-state index in [1.165, 1.54) is 11.8 Å². The van der Waals surface area contributed by atoms with Crippen LogP contribution in [0.4, 0.5) is 0 Å². The van der Waals surface area contributed by atoms with Crippen molar-refractivity contribution in [2.75, 3.05) is 0 Å². The van der Waals surface area contributed by atoms with Crippen LogP contribution in [-0.2, 0) is 17.6 Å². The molecule has 0 aliphatic rings. The zero-order valence-electron chi connectivity index (χ0n) is 18.4. The van der Waals surface area contributed by atoms with Crippen LogP contribution in [0, 0.1) is 6.92 Å². The van der Waals surface area contributed by atoms with Gasteiger partial charge in [0.1, 0.15) is 0 Å².